The predicted octanol–water partition coefficient (Wildman–Crippen LogP) is 0.210. The van der Waals surface area contributed by atoms with Gasteiger partial charge in [-0.2, -0.15) is 0 Å². The Morgan fingerprint density at radius 1 is 1.36 bits per heavy atom. The molecule has 28 heavy (non-hydrogen) atoms. The van der Waals surface area contributed by atoms with E-state index < -0.39 is 14.2 Å². The molecule has 1 atom stereocenters. The van der Waals surface area contributed by atoms with Crippen molar-refractivity contribution in [3.63, 3.8) is 0 Å². The summed E-state index contributed by atoms with van der Waals surface area (Å²) in [5.74, 6) is 0.0483. The van der Waals surface area contributed by atoms with Crippen LogP contribution in [-0.4, -0.2) is 60.4 Å². The number of nitrogens with one attached hydrogen (secondary N) is 2. The first-order chi connectivity index (χ1) is 12.9. The van der Waals surface area contributed by atoms with E-state index in [2.05, 4.69) is 19.2 Å². The van der Waals surface area contributed by atoms with Gasteiger partial charge in [-0.15, -0.1) is 0 Å². The minimum absolute atomic E-state index is 0.0399. The molecule has 4 N–H and O–H groups in total. The second-order valence-electron chi connectivity index (χ2n) is 6.63. The maximum Gasteiger partial charge on any atom is 0.293 e. The fourth-order valence-electron chi connectivity index (χ4n) is 1.70. The van der Waals surface area contributed by atoms with Gasteiger partial charge in [0.2, 0.25) is 0 Å². The minimum Gasteiger partial charge on any atom is -0.462 e. The molecule has 11 heteroatoms. The summed E-state index contributed by atoms with van der Waals surface area (Å²) in [6.07, 6.45) is 0.736. The summed E-state index contributed by atoms with van der Waals surface area (Å²) in [5, 5.41) is 13.6. The summed E-state index contributed by atoms with van der Waals surface area (Å²) in [4.78, 5) is 30.5. The summed E-state index contributed by atoms with van der Waals surface area (Å²) < 4.78 is 28.5. The normalized spacial score (nSPS) is 15.1. The molecule has 1 aliphatic heterocycles. The summed E-state index contributed by atoms with van der Waals surface area (Å²) in [6.45, 7) is 8.72. The van der Waals surface area contributed by atoms with E-state index in [-0.39, 0.29) is 15.9 Å². The average molecular weight is 462 g/mol. The van der Waals surface area contributed by atoms with Crippen molar-refractivity contribution in [2.24, 2.45) is 0 Å². The molecule has 0 saturated carbocycles. The van der Waals surface area contributed by atoms with Gasteiger partial charge in [0.1, 0.15) is 11.4 Å². The molecule has 0 aromatic heterocycles. The molecular formula is C17H27AsN2O8. The monoisotopic (exact) mass is 462 g/mol. The van der Waals surface area contributed by atoms with Crippen molar-refractivity contribution >= 4 is 42.4 Å². The number of ether oxygens (including phenoxy) is 1. The number of hydrogen-bond donors (Lipinski definition) is 4. The standard InChI is InChI=1S/C8H10AsNO5.C5H10O2.C4H7NO/c1-6(11)10-8-4-2-3-7(5-8)9(12,13)15-14;1-5(2,3)7-4-6;6-4-1-2-5-3-4/h2-5,14H,1H3,(H,10,11)(H,12,13);4H,1-3H3;5H,1-3H2. The van der Waals surface area contributed by atoms with Crippen molar-refractivity contribution in [1.82, 2.24) is 5.32 Å². The van der Waals surface area contributed by atoms with Gasteiger partial charge in [-0.05, 0) is 20.8 Å². The molecule has 1 aliphatic rings. The van der Waals surface area contributed by atoms with Gasteiger partial charge in [-0.25, -0.2) is 0 Å². The smallest absolute Gasteiger partial charge is 0.293 e. The molecule has 1 unspecified atom stereocenters. The van der Waals surface area contributed by atoms with Crippen LogP contribution < -0.4 is 15.0 Å². The van der Waals surface area contributed by atoms with Crippen LogP contribution in [0.3, 0.4) is 0 Å². The Bertz CT molecular complexity index is 695. The maximum atomic E-state index is 11.3. The quantitative estimate of drug-likeness (QED) is 0.213. The number of rotatable bonds is 4. The fourth-order valence-corrected chi connectivity index (χ4v) is 3.11. The third-order valence-corrected chi connectivity index (χ3v) is 5.33. The van der Waals surface area contributed by atoms with Crippen LogP contribution >= 0.6 is 0 Å². The Kier molecular flexibility index (Phi) is 11.6. The molecule has 0 radical (unpaired) electrons. The molecule has 1 heterocycles. The Morgan fingerprint density at radius 2 is 2.00 bits per heavy atom. The first kappa shape index (κ1) is 26.0. The third kappa shape index (κ3) is 12.4. The van der Waals surface area contributed by atoms with Crippen LogP contribution in [0.1, 0.15) is 34.1 Å². The van der Waals surface area contributed by atoms with Gasteiger partial charge >= 0.3 is 88.4 Å². The zero-order chi connectivity index (χ0) is 21.8. The van der Waals surface area contributed by atoms with Crippen LogP contribution in [0.4, 0.5) is 5.69 Å². The van der Waals surface area contributed by atoms with Gasteiger partial charge in [0.25, 0.3) is 6.47 Å². The SMILES string of the molecule is CC(=O)Nc1cccc([As](=O)(O)OO)c1.CC(C)(C)OC=O.O=C1CCNC1. The van der Waals surface area contributed by atoms with E-state index >= 15 is 0 Å². The first-order valence-electron chi connectivity index (χ1n) is 8.29. The van der Waals surface area contributed by atoms with Crippen molar-refractivity contribution in [3.05, 3.63) is 24.3 Å². The van der Waals surface area contributed by atoms with E-state index in [9.17, 15) is 22.2 Å². The summed E-state index contributed by atoms with van der Waals surface area (Å²) in [6, 6.07) is 5.64. The summed E-state index contributed by atoms with van der Waals surface area (Å²) in [5.41, 5.74) is 0.0506. The number of carbonyl (C=O) groups excluding carboxylic acids is 3. The molecular weight excluding hydrogens is 435 g/mol. The first-order valence-corrected chi connectivity index (χ1v) is 11.6. The van der Waals surface area contributed by atoms with Crippen LogP contribution in [0.5, 0.6) is 0 Å². The Morgan fingerprint density at radius 3 is 2.32 bits per heavy atom. The molecule has 1 fully saturated rings. The number of amides is 1. The molecule has 1 aromatic rings. The second-order valence-corrected chi connectivity index (χ2v) is 10.2. The number of anilines is 1. The molecule has 2 rings (SSSR count). The molecule has 0 aliphatic carbocycles. The molecule has 158 valence electrons. The van der Waals surface area contributed by atoms with Gasteiger partial charge in [-0.1, -0.05) is 0 Å². The number of ketones is 1. The van der Waals surface area contributed by atoms with Crippen molar-refractivity contribution < 1.29 is 36.1 Å². The molecule has 1 aromatic carbocycles. The number of carbonyl (C=O) groups is 3. The van der Waals surface area contributed by atoms with Crippen LogP contribution in [-0.2, 0) is 26.7 Å². The Labute approximate surface area is 166 Å². The van der Waals surface area contributed by atoms with Gasteiger partial charge in [0.15, 0.2) is 0 Å². The van der Waals surface area contributed by atoms with E-state index in [0.29, 0.717) is 24.5 Å². The van der Waals surface area contributed by atoms with E-state index in [1.807, 2.05) is 20.8 Å². The molecule has 1 amide bonds. The van der Waals surface area contributed by atoms with Crippen LogP contribution in [0.25, 0.3) is 0 Å². The Balaban J connectivity index is 0.000000462. The van der Waals surface area contributed by atoms with Crippen LogP contribution in [0.2, 0.25) is 0 Å². The predicted molar refractivity (Wildman–Crippen MR) is 102 cm³/mol. The van der Waals surface area contributed by atoms with Gasteiger partial charge < -0.3 is 10.1 Å². The van der Waals surface area contributed by atoms with Gasteiger partial charge in [0, 0.05) is 13.0 Å². The number of benzene rings is 1. The van der Waals surface area contributed by atoms with Gasteiger partial charge in [0.05, 0.1) is 6.54 Å². The Hall–Kier alpha value is -1.97. The molecule has 0 bridgehead atoms. The largest absolute Gasteiger partial charge is 0.462 e. The average Bonchev–Trinajstić information content (AvgIpc) is 3.05. The zero-order valence-electron chi connectivity index (χ0n) is 16.3. The second kappa shape index (κ2) is 12.5. The van der Waals surface area contributed by atoms with Crippen molar-refractivity contribution in [3.8, 4) is 0 Å². The number of Topliss-reactive ketones (excluding diaryl/α,β-unsaturated/α-hetero) is 1. The molecule has 10 nitrogen and oxygen atoms in total. The van der Waals surface area contributed by atoms with E-state index in [1.165, 1.54) is 25.1 Å². The zero-order valence-corrected chi connectivity index (χ0v) is 18.2. The van der Waals surface area contributed by atoms with Crippen molar-refractivity contribution in [2.75, 3.05) is 18.4 Å². The van der Waals surface area contributed by atoms with Crippen LogP contribution in [0.15, 0.2) is 24.3 Å². The van der Waals surface area contributed by atoms with E-state index in [4.69, 9.17) is 5.26 Å². The van der Waals surface area contributed by atoms with E-state index in [0.717, 1.165) is 13.0 Å². The third-order valence-electron chi connectivity index (χ3n) is 2.91. The maximum absolute atomic E-state index is 11.3. The summed E-state index contributed by atoms with van der Waals surface area (Å²) in [7, 11) is 0. The van der Waals surface area contributed by atoms with Crippen LogP contribution in [0, 0.1) is 0 Å². The van der Waals surface area contributed by atoms with E-state index in [1.54, 1.807) is 6.07 Å². The minimum atomic E-state index is -4.83. The number of hydrogen-bond acceptors (Lipinski definition) is 8. The fraction of sp³-hybridized carbons (Fsp3) is 0.471. The van der Waals surface area contributed by atoms with Crippen molar-refractivity contribution in [1.29, 1.82) is 0 Å². The molecule has 0 spiro atoms. The topological polar surface area (TPSA) is 151 Å². The summed E-state index contributed by atoms with van der Waals surface area (Å²) >= 11 is -4.83. The van der Waals surface area contributed by atoms with Crippen molar-refractivity contribution in [2.45, 2.75) is 39.7 Å². The molecule has 1 saturated heterocycles. The van der Waals surface area contributed by atoms with Gasteiger partial charge in [-0.3, -0.25) is 9.59 Å².